The summed E-state index contributed by atoms with van der Waals surface area (Å²) < 4.78 is 13.7. The highest BCUT2D eigenvalue weighted by Crippen LogP contribution is 2.23. The molecule has 0 saturated carbocycles. The van der Waals surface area contributed by atoms with Crippen LogP contribution in [0.1, 0.15) is 24.7 Å². The van der Waals surface area contributed by atoms with Crippen LogP contribution in [0.3, 0.4) is 0 Å². The average molecular weight is 359 g/mol. The van der Waals surface area contributed by atoms with Gasteiger partial charge in [-0.2, -0.15) is 0 Å². The number of ether oxygens (including phenoxy) is 2. The molecule has 1 heterocycles. The lowest BCUT2D eigenvalue weighted by Crippen LogP contribution is -2.09. The quantitative estimate of drug-likeness (QED) is 0.531. The van der Waals surface area contributed by atoms with Gasteiger partial charge in [-0.05, 0) is 50.1 Å². The predicted molar refractivity (Wildman–Crippen MR) is 101 cm³/mol. The van der Waals surface area contributed by atoms with Gasteiger partial charge in [0.05, 0.1) is 11.0 Å². The minimum absolute atomic E-state index is 0.422. The molecule has 132 valence electrons. The summed E-state index contributed by atoms with van der Waals surface area (Å²) in [6.45, 7) is 6.79. The molecule has 0 bridgehead atoms. The first kappa shape index (κ1) is 17.8. The Morgan fingerprint density at radius 3 is 2.80 bits per heavy atom. The first-order valence-electron chi connectivity index (χ1n) is 8.60. The fourth-order valence-corrected chi connectivity index (χ4v) is 3.01. The molecule has 0 aliphatic rings. The van der Waals surface area contributed by atoms with Gasteiger partial charge < -0.3 is 14.0 Å². The molecule has 0 aliphatic carbocycles. The molecular formula is C20H23ClN2O2. The molecule has 0 unspecified atom stereocenters. The number of imidazole rings is 1. The largest absolute Gasteiger partial charge is 0.485 e. The molecule has 0 atom stereocenters. The minimum atomic E-state index is 0.422. The monoisotopic (exact) mass is 358 g/mol. The van der Waals surface area contributed by atoms with Crippen molar-refractivity contribution in [2.24, 2.45) is 0 Å². The number of rotatable bonds is 8. The maximum Gasteiger partial charge on any atom is 0.148 e. The molecule has 0 radical (unpaired) electrons. The van der Waals surface area contributed by atoms with Gasteiger partial charge in [-0.25, -0.2) is 4.98 Å². The van der Waals surface area contributed by atoms with Gasteiger partial charge in [0.1, 0.15) is 18.2 Å². The molecular weight excluding hydrogens is 336 g/mol. The van der Waals surface area contributed by atoms with E-state index in [0.717, 1.165) is 54.4 Å². The number of hydrogen-bond acceptors (Lipinski definition) is 3. The molecule has 0 spiro atoms. The SMILES string of the molecule is CCOCCCn1c(COc2ccccc2C)nc2cc(Cl)ccc21. The molecule has 3 aromatic rings. The van der Waals surface area contributed by atoms with E-state index in [-0.39, 0.29) is 0 Å². The van der Waals surface area contributed by atoms with Crippen LogP contribution in [0.2, 0.25) is 5.02 Å². The van der Waals surface area contributed by atoms with E-state index in [1.54, 1.807) is 0 Å². The fraction of sp³-hybridized carbons (Fsp3) is 0.350. The molecule has 0 saturated heterocycles. The second-order valence-electron chi connectivity index (χ2n) is 5.92. The van der Waals surface area contributed by atoms with Crippen molar-refractivity contribution in [3.05, 3.63) is 58.9 Å². The third-order valence-electron chi connectivity index (χ3n) is 4.11. The topological polar surface area (TPSA) is 36.3 Å². The Kier molecular flexibility index (Phi) is 5.95. The normalized spacial score (nSPS) is 11.2. The van der Waals surface area contributed by atoms with Crippen molar-refractivity contribution >= 4 is 22.6 Å². The maximum absolute atomic E-state index is 6.12. The molecule has 1 aromatic heterocycles. The molecule has 0 fully saturated rings. The van der Waals surface area contributed by atoms with E-state index < -0.39 is 0 Å². The van der Waals surface area contributed by atoms with E-state index in [4.69, 9.17) is 26.1 Å². The van der Waals surface area contributed by atoms with Gasteiger partial charge in [-0.15, -0.1) is 0 Å². The van der Waals surface area contributed by atoms with Crippen molar-refractivity contribution in [3.63, 3.8) is 0 Å². The van der Waals surface area contributed by atoms with Crippen LogP contribution in [0, 0.1) is 6.92 Å². The van der Waals surface area contributed by atoms with Gasteiger partial charge in [0.25, 0.3) is 0 Å². The summed E-state index contributed by atoms with van der Waals surface area (Å²) in [5, 5.41) is 0.692. The van der Waals surface area contributed by atoms with Crippen LogP contribution in [0.25, 0.3) is 11.0 Å². The Morgan fingerprint density at radius 2 is 2.00 bits per heavy atom. The van der Waals surface area contributed by atoms with Crippen molar-refractivity contribution in [2.45, 2.75) is 33.4 Å². The summed E-state index contributed by atoms with van der Waals surface area (Å²) >= 11 is 6.12. The second kappa shape index (κ2) is 8.37. The number of para-hydroxylation sites is 1. The van der Waals surface area contributed by atoms with Gasteiger partial charge in [0.2, 0.25) is 0 Å². The number of fused-ring (bicyclic) bond motifs is 1. The highest BCUT2D eigenvalue weighted by atomic mass is 35.5. The summed E-state index contributed by atoms with van der Waals surface area (Å²) in [6, 6.07) is 13.8. The van der Waals surface area contributed by atoms with Gasteiger partial charge in [0, 0.05) is 24.8 Å². The lowest BCUT2D eigenvalue weighted by Gasteiger charge is -2.12. The Hall–Kier alpha value is -2.04. The van der Waals surface area contributed by atoms with Gasteiger partial charge >= 0.3 is 0 Å². The third-order valence-corrected chi connectivity index (χ3v) is 4.35. The Morgan fingerprint density at radius 1 is 1.16 bits per heavy atom. The van der Waals surface area contributed by atoms with Crippen LogP contribution in [-0.4, -0.2) is 22.8 Å². The Bertz CT molecular complexity index is 845. The van der Waals surface area contributed by atoms with E-state index in [2.05, 4.69) is 4.57 Å². The number of aromatic nitrogens is 2. The molecule has 5 heteroatoms. The van der Waals surface area contributed by atoms with Crippen LogP contribution >= 0.6 is 11.6 Å². The zero-order valence-electron chi connectivity index (χ0n) is 14.7. The van der Waals surface area contributed by atoms with E-state index in [9.17, 15) is 0 Å². The highest BCUT2D eigenvalue weighted by molar-refractivity contribution is 6.31. The van der Waals surface area contributed by atoms with Gasteiger partial charge in [0.15, 0.2) is 0 Å². The summed E-state index contributed by atoms with van der Waals surface area (Å²) in [5.41, 5.74) is 3.08. The number of benzene rings is 2. The van der Waals surface area contributed by atoms with E-state index in [1.807, 2.05) is 56.3 Å². The lowest BCUT2D eigenvalue weighted by molar-refractivity contribution is 0.141. The number of aryl methyl sites for hydroxylation is 2. The molecule has 0 amide bonds. The molecule has 0 N–H and O–H groups in total. The summed E-state index contributed by atoms with van der Waals surface area (Å²) in [4.78, 5) is 4.73. The lowest BCUT2D eigenvalue weighted by atomic mass is 10.2. The molecule has 4 nitrogen and oxygen atoms in total. The van der Waals surface area contributed by atoms with E-state index in [0.29, 0.717) is 11.6 Å². The Labute approximate surface area is 153 Å². The number of halogens is 1. The average Bonchev–Trinajstić information content (AvgIpc) is 2.94. The second-order valence-corrected chi connectivity index (χ2v) is 6.35. The number of hydrogen-bond donors (Lipinski definition) is 0. The number of nitrogens with zero attached hydrogens (tertiary/aromatic N) is 2. The van der Waals surface area contributed by atoms with Gasteiger partial charge in [-0.1, -0.05) is 29.8 Å². The van der Waals surface area contributed by atoms with Crippen molar-refractivity contribution in [3.8, 4) is 5.75 Å². The smallest absolute Gasteiger partial charge is 0.148 e. The van der Waals surface area contributed by atoms with Crippen molar-refractivity contribution in [2.75, 3.05) is 13.2 Å². The minimum Gasteiger partial charge on any atom is -0.485 e. The Balaban J connectivity index is 1.83. The van der Waals surface area contributed by atoms with Crippen molar-refractivity contribution in [1.82, 2.24) is 9.55 Å². The summed E-state index contributed by atoms with van der Waals surface area (Å²) in [7, 11) is 0. The fourth-order valence-electron chi connectivity index (χ4n) is 2.84. The molecule has 25 heavy (non-hydrogen) atoms. The third kappa shape index (κ3) is 4.33. The first-order valence-corrected chi connectivity index (χ1v) is 8.97. The molecule has 0 aliphatic heterocycles. The van der Waals surface area contributed by atoms with Crippen LogP contribution < -0.4 is 4.74 Å². The molecule has 2 aromatic carbocycles. The zero-order chi connectivity index (χ0) is 17.6. The predicted octanol–water partition coefficient (Wildman–Crippen LogP) is 5.00. The summed E-state index contributed by atoms with van der Waals surface area (Å²) in [5.74, 6) is 1.78. The first-order chi connectivity index (χ1) is 12.2. The maximum atomic E-state index is 6.12. The van der Waals surface area contributed by atoms with E-state index in [1.165, 1.54) is 0 Å². The highest BCUT2D eigenvalue weighted by Gasteiger charge is 2.12. The molecule has 3 rings (SSSR count). The van der Waals surface area contributed by atoms with Crippen molar-refractivity contribution in [1.29, 1.82) is 0 Å². The van der Waals surface area contributed by atoms with Crippen LogP contribution in [0.4, 0.5) is 0 Å². The van der Waals surface area contributed by atoms with Crippen LogP contribution in [0.5, 0.6) is 5.75 Å². The van der Waals surface area contributed by atoms with E-state index >= 15 is 0 Å². The van der Waals surface area contributed by atoms with Gasteiger partial charge in [-0.3, -0.25) is 0 Å². The zero-order valence-corrected chi connectivity index (χ0v) is 15.4. The standard InChI is InChI=1S/C20H23ClN2O2/c1-3-24-12-6-11-23-18-10-9-16(21)13-17(18)22-20(23)14-25-19-8-5-4-7-15(19)2/h4-5,7-10,13H,3,6,11-12,14H2,1-2H3. The van der Waals surface area contributed by atoms with Crippen LogP contribution in [-0.2, 0) is 17.9 Å². The van der Waals surface area contributed by atoms with Crippen molar-refractivity contribution < 1.29 is 9.47 Å². The van der Waals surface area contributed by atoms with Crippen LogP contribution in [0.15, 0.2) is 42.5 Å². The summed E-state index contributed by atoms with van der Waals surface area (Å²) in [6.07, 6.45) is 0.930.